The Morgan fingerprint density at radius 1 is 1.46 bits per heavy atom. The standard InChI is InChI=1S/C18H25N5O3/c1-3-23-5-4-16(23)18(26)21-13(10-24)9-19-17(25)14-7-15-12(6-11(14)2)8-20-22-15/h6-8,13,16,24H,3-5,9-10H2,1-2H3,(H,19,25)(H,20,22)(H,21,26)/t13-,16?/m1/s1. The Kier molecular flexibility index (Phi) is 5.53. The number of aromatic amines is 1. The van der Waals surface area contributed by atoms with Crippen molar-refractivity contribution in [2.75, 3.05) is 26.2 Å². The molecule has 1 aliphatic heterocycles. The molecule has 4 N–H and O–H groups in total. The van der Waals surface area contributed by atoms with Crippen molar-refractivity contribution in [3.8, 4) is 0 Å². The molecule has 26 heavy (non-hydrogen) atoms. The van der Waals surface area contributed by atoms with Crippen molar-refractivity contribution in [2.24, 2.45) is 0 Å². The molecule has 8 nitrogen and oxygen atoms in total. The number of hydrogen-bond donors (Lipinski definition) is 4. The maximum Gasteiger partial charge on any atom is 0.251 e. The summed E-state index contributed by atoms with van der Waals surface area (Å²) >= 11 is 0. The van der Waals surface area contributed by atoms with Gasteiger partial charge in [0.15, 0.2) is 0 Å². The summed E-state index contributed by atoms with van der Waals surface area (Å²) in [5, 5.41) is 22.9. The third-order valence-electron chi connectivity index (χ3n) is 4.94. The molecule has 2 heterocycles. The van der Waals surface area contributed by atoms with Gasteiger partial charge in [0.2, 0.25) is 5.91 Å². The summed E-state index contributed by atoms with van der Waals surface area (Å²) in [5.74, 6) is -0.341. The first-order valence-electron chi connectivity index (χ1n) is 8.90. The minimum absolute atomic E-state index is 0.0959. The Morgan fingerprint density at radius 2 is 2.27 bits per heavy atom. The number of rotatable bonds is 7. The monoisotopic (exact) mass is 359 g/mol. The highest BCUT2D eigenvalue weighted by molar-refractivity contribution is 5.99. The average Bonchev–Trinajstić information content (AvgIpc) is 3.04. The van der Waals surface area contributed by atoms with E-state index in [2.05, 4.69) is 25.7 Å². The van der Waals surface area contributed by atoms with Crippen LogP contribution in [0.3, 0.4) is 0 Å². The Bertz CT molecular complexity index is 801. The number of hydrogen-bond acceptors (Lipinski definition) is 5. The first-order valence-corrected chi connectivity index (χ1v) is 8.90. The molecule has 0 spiro atoms. The fraction of sp³-hybridized carbons (Fsp3) is 0.500. The quantitative estimate of drug-likeness (QED) is 0.563. The van der Waals surface area contributed by atoms with E-state index in [1.54, 1.807) is 12.3 Å². The van der Waals surface area contributed by atoms with Crippen molar-refractivity contribution in [3.05, 3.63) is 29.5 Å². The zero-order valence-corrected chi connectivity index (χ0v) is 15.1. The Hall–Kier alpha value is -2.45. The fourth-order valence-corrected chi connectivity index (χ4v) is 3.24. The number of H-pyrrole nitrogens is 1. The topological polar surface area (TPSA) is 110 Å². The van der Waals surface area contributed by atoms with E-state index in [0.29, 0.717) is 5.56 Å². The molecule has 1 aliphatic rings. The predicted octanol–water partition coefficient (Wildman–Crippen LogP) is 0.172. The second-order valence-electron chi connectivity index (χ2n) is 6.66. The maximum absolute atomic E-state index is 12.5. The van der Waals surface area contributed by atoms with Crippen LogP contribution in [-0.2, 0) is 4.79 Å². The van der Waals surface area contributed by atoms with Gasteiger partial charge in [-0.25, -0.2) is 0 Å². The van der Waals surface area contributed by atoms with Gasteiger partial charge in [-0.15, -0.1) is 0 Å². The van der Waals surface area contributed by atoms with Crippen LogP contribution in [-0.4, -0.2) is 70.3 Å². The van der Waals surface area contributed by atoms with E-state index in [9.17, 15) is 14.7 Å². The van der Waals surface area contributed by atoms with Gasteiger partial charge in [0, 0.05) is 24.0 Å². The van der Waals surface area contributed by atoms with Crippen LogP contribution in [0.4, 0.5) is 0 Å². The average molecular weight is 359 g/mol. The van der Waals surface area contributed by atoms with Crippen LogP contribution in [0.2, 0.25) is 0 Å². The Balaban J connectivity index is 1.58. The van der Waals surface area contributed by atoms with E-state index >= 15 is 0 Å². The second-order valence-corrected chi connectivity index (χ2v) is 6.66. The van der Waals surface area contributed by atoms with Crippen LogP contribution >= 0.6 is 0 Å². The lowest BCUT2D eigenvalue weighted by Crippen LogP contribution is -2.59. The van der Waals surface area contributed by atoms with E-state index in [1.807, 2.05) is 19.9 Å². The molecule has 8 heteroatoms. The molecule has 1 unspecified atom stereocenters. The Labute approximate surface area is 151 Å². The van der Waals surface area contributed by atoms with Crippen molar-refractivity contribution < 1.29 is 14.7 Å². The van der Waals surface area contributed by atoms with E-state index < -0.39 is 6.04 Å². The van der Waals surface area contributed by atoms with Crippen LogP contribution in [0.1, 0.15) is 29.3 Å². The van der Waals surface area contributed by atoms with Gasteiger partial charge in [-0.05, 0) is 37.6 Å². The molecular formula is C18H25N5O3. The third-order valence-corrected chi connectivity index (χ3v) is 4.94. The molecule has 140 valence electrons. The van der Waals surface area contributed by atoms with E-state index in [1.165, 1.54) is 0 Å². The number of aliphatic hydroxyl groups excluding tert-OH is 1. The first-order chi connectivity index (χ1) is 12.5. The molecule has 1 aromatic heterocycles. The minimum Gasteiger partial charge on any atom is -0.394 e. The highest BCUT2D eigenvalue weighted by atomic mass is 16.3. The van der Waals surface area contributed by atoms with Crippen LogP contribution < -0.4 is 10.6 Å². The summed E-state index contributed by atoms with van der Waals surface area (Å²) in [6.45, 7) is 5.56. The predicted molar refractivity (Wildman–Crippen MR) is 97.8 cm³/mol. The number of nitrogens with zero attached hydrogens (tertiary/aromatic N) is 2. The zero-order valence-electron chi connectivity index (χ0n) is 15.1. The van der Waals surface area contributed by atoms with Crippen molar-refractivity contribution in [3.63, 3.8) is 0 Å². The first kappa shape index (κ1) is 18.3. The number of benzene rings is 1. The normalized spacial score (nSPS) is 18.3. The van der Waals surface area contributed by atoms with Gasteiger partial charge >= 0.3 is 0 Å². The van der Waals surface area contributed by atoms with Crippen LogP contribution in [0.15, 0.2) is 18.3 Å². The molecule has 2 atom stereocenters. The lowest BCUT2D eigenvalue weighted by atomic mass is 10.0. The number of carbonyl (C=O) groups excluding carboxylic acids is 2. The van der Waals surface area contributed by atoms with E-state index in [4.69, 9.17) is 0 Å². The molecule has 0 saturated carbocycles. The lowest BCUT2D eigenvalue weighted by molar-refractivity contribution is -0.131. The number of aromatic nitrogens is 2. The molecule has 0 aliphatic carbocycles. The van der Waals surface area contributed by atoms with Crippen molar-refractivity contribution in [1.29, 1.82) is 0 Å². The number of likely N-dealkylation sites (tertiary alicyclic amines) is 1. The number of likely N-dealkylation sites (N-methyl/N-ethyl adjacent to an activating group) is 1. The number of aryl methyl sites for hydroxylation is 1. The molecule has 1 aromatic carbocycles. The van der Waals surface area contributed by atoms with Gasteiger partial charge in [-0.1, -0.05) is 6.92 Å². The lowest BCUT2D eigenvalue weighted by Gasteiger charge is -2.39. The summed E-state index contributed by atoms with van der Waals surface area (Å²) in [6, 6.07) is 3.01. The summed E-state index contributed by atoms with van der Waals surface area (Å²) in [5.41, 5.74) is 2.17. The summed E-state index contributed by atoms with van der Waals surface area (Å²) < 4.78 is 0. The van der Waals surface area contributed by atoms with Gasteiger partial charge in [-0.3, -0.25) is 19.6 Å². The van der Waals surface area contributed by atoms with E-state index in [-0.39, 0.29) is 31.0 Å². The largest absolute Gasteiger partial charge is 0.394 e. The molecule has 3 rings (SSSR count). The third kappa shape index (κ3) is 3.71. The number of fused-ring (bicyclic) bond motifs is 1. The van der Waals surface area contributed by atoms with Gasteiger partial charge in [0.1, 0.15) is 0 Å². The van der Waals surface area contributed by atoms with E-state index in [0.717, 1.165) is 36.0 Å². The number of carbonyl (C=O) groups is 2. The fourth-order valence-electron chi connectivity index (χ4n) is 3.24. The highest BCUT2D eigenvalue weighted by Crippen LogP contribution is 2.18. The summed E-state index contributed by atoms with van der Waals surface area (Å²) in [4.78, 5) is 26.8. The minimum atomic E-state index is -0.512. The number of amides is 2. The highest BCUT2D eigenvalue weighted by Gasteiger charge is 2.33. The molecule has 2 amide bonds. The second kappa shape index (κ2) is 7.84. The number of aliphatic hydroxyl groups is 1. The summed E-state index contributed by atoms with van der Waals surface area (Å²) in [7, 11) is 0. The van der Waals surface area contributed by atoms with Gasteiger partial charge in [0.25, 0.3) is 5.91 Å². The maximum atomic E-state index is 12.5. The molecular weight excluding hydrogens is 334 g/mol. The van der Waals surface area contributed by atoms with Gasteiger partial charge in [-0.2, -0.15) is 5.10 Å². The molecule has 0 radical (unpaired) electrons. The zero-order chi connectivity index (χ0) is 18.7. The Morgan fingerprint density at radius 3 is 2.92 bits per heavy atom. The molecule has 2 aromatic rings. The number of nitrogens with one attached hydrogen (secondary N) is 3. The van der Waals surface area contributed by atoms with Crippen LogP contribution in [0, 0.1) is 6.92 Å². The molecule has 0 bridgehead atoms. The van der Waals surface area contributed by atoms with Crippen LogP contribution in [0.25, 0.3) is 10.9 Å². The smallest absolute Gasteiger partial charge is 0.251 e. The van der Waals surface area contributed by atoms with Crippen LogP contribution in [0.5, 0.6) is 0 Å². The SMILES string of the molecule is CCN1CCC1C(=O)N[C@@H](CO)CNC(=O)c1cc2[nH]ncc2cc1C. The van der Waals surface area contributed by atoms with Gasteiger partial charge in [0.05, 0.1) is 30.4 Å². The molecule has 1 fully saturated rings. The van der Waals surface area contributed by atoms with Crippen molar-refractivity contribution in [1.82, 2.24) is 25.7 Å². The van der Waals surface area contributed by atoms with Crippen molar-refractivity contribution in [2.45, 2.75) is 32.4 Å². The summed E-state index contributed by atoms with van der Waals surface area (Å²) in [6.07, 6.45) is 2.54. The molecule has 1 saturated heterocycles. The van der Waals surface area contributed by atoms with Crippen molar-refractivity contribution >= 4 is 22.7 Å². The van der Waals surface area contributed by atoms with Gasteiger partial charge < -0.3 is 15.7 Å².